The van der Waals surface area contributed by atoms with Crippen molar-refractivity contribution in [2.75, 3.05) is 13.2 Å². The van der Waals surface area contributed by atoms with Crippen LogP contribution in [-0.2, 0) is 19.1 Å². The summed E-state index contributed by atoms with van der Waals surface area (Å²) in [5, 5.41) is 0. The van der Waals surface area contributed by atoms with Crippen LogP contribution in [0.5, 0.6) is 0 Å². The van der Waals surface area contributed by atoms with Crippen LogP contribution in [0.3, 0.4) is 0 Å². The molecule has 0 aliphatic carbocycles. The molecule has 0 amide bonds. The fourth-order valence-corrected chi connectivity index (χ4v) is 2.44. The van der Waals surface area contributed by atoms with Crippen molar-refractivity contribution in [2.45, 2.75) is 72.6 Å². The van der Waals surface area contributed by atoms with Gasteiger partial charge in [0.25, 0.3) is 0 Å². The molecule has 0 spiro atoms. The summed E-state index contributed by atoms with van der Waals surface area (Å²) in [6, 6.07) is 0. The summed E-state index contributed by atoms with van der Waals surface area (Å²) in [5.74, 6) is -0.839. The van der Waals surface area contributed by atoms with E-state index >= 15 is 0 Å². The molecule has 0 radical (unpaired) electrons. The summed E-state index contributed by atoms with van der Waals surface area (Å²) in [4.78, 5) is 24.6. The van der Waals surface area contributed by atoms with E-state index in [-0.39, 0.29) is 0 Å². The highest BCUT2D eigenvalue weighted by molar-refractivity contribution is 6.00. The Hall–Kier alpha value is -1.06. The fraction of sp³-hybridized carbons (Fsp3) is 0.875. The van der Waals surface area contributed by atoms with Crippen LogP contribution in [0.4, 0.5) is 0 Å². The predicted molar refractivity (Wildman–Crippen MR) is 79.4 cm³/mol. The van der Waals surface area contributed by atoms with Gasteiger partial charge < -0.3 is 9.47 Å². The largest absolute Gasteiger partial charge is 0.465 e. The molecule has 0 atom stereocenters. The number of rotatable bonds is 11. The van der Waals surface area contributed by atoms with Crippen molar-refractivity contribution in [3.8, 4) is 0 Å². The minimum Gasteiger partial charge on any atom is -0.465 e. The van der Waals surface area contributed by atoms with Crippen LogP contribution < -0.4 is 0 Å². The summed E-state index contributed by atoms with van der Waals surface area (Å²) in [5.41, 5.74) is -1.10. The molecule has 0 aromatic rings. The summed E-state index contributed by atoms with van der Waals surface area (Å²) in [6.07, 6.45) is 5.90. The minimum absolute atomic E-state index is 0.290. The quantitative estimate of drug-likeness (QED) is 0.329. The maximum Gasteiger partial charge on any atom is 0.323 e. The van der Waals surface area contributed by atoms with Gasteiger partial charge in [0.05, 0.1) is 13.2 Å². The van der Waals surface area contributed by atoms with Crippen molar-refractivity contribution in [2.24, 2.45) is 5.41 Å². The van der Waals surface area contributed by atoms with Crippen LogP contribution in [0.25, 0.3) is 0 Å². The van der Waals surface area contributed by atoms with Crippen LogP contribution in [0.2, 0.25) is 0 Å². The second-order valence-corrected chi connectivity index (χ2v) is 5.08. The van der Waals surface area contributed by atoms with E-state index in [0.29, 0.717) is 26.1 Å². The summed E-state index contributed by atoms with van der Waals surface area (Å²) in [7, 11) is 0. The van der Waals surface area contributed by atoms with Gasteiger partial charge in [0.1, 0.15) is 0 Å². The lowest BCUT2D eigenvalue weighted by atomic mass is 9.78. The number of ether oxygens (including phenoxy) is 2. The van der Waals surface area contributed by atoms with Crippen molar-refractivity contribution in [3.63, 3.8) is 0 Å². The number of hydrogen-bond acceptors (Lipinski definition) is 4. The molecule has 4 heteroatoms. The lowest BCUT2D eigenvalue weighted by Crippen LogP contribution is -2.42. The number of carbonyl (C=O) groups excluding carboxylic acids is 2. The molecule has 0 rings (SSSR count). The molecule has 0 saturated carbocycles. The third kappa shape index (κ3) is 5.51. The molecule has 0 aromatic heterocycles. The first-order valence-corrected chi connectivity index (χ1v) is 7.93. The number of unbranched alkanes of at least 4 members (excludes halogenated alkanes) is 3. The maximum absolute atomic E-state index is 12.3. The van der Waals surface area contributed by atoms with Crippen LogP contribution in [0.15, 0.2) is 0 Å². The molecule has 0 aromatic carbocycles. The number of carbonyl (C=O) groups is 2. The van der Waals surface area contributed by atoms with Gasteiger partial charge in [-0.2, -0.15) is 0 Å². The first-order chi connectivity index (χ1) is 9.58. The Morgan fingerprint density at radius 3 is 1.70 bits per heavy atom. The maximum atomic E-state index is 12.3. The highest BCUT2D eigenvalue weighted by Gasteiger charge is 2.47. The predicted octanol–water partition coefficient (Wildman–Crippen LogP) is 3.87. The molecule has 0 saturated heterocycles. The molecule has 20 heavy (non-hydrogen) atoms. The van der Waals surface area contributed by atoms with E-state index in [2.05, 4.69) is 6.92 Å². The third-order valence-corrected chi connectivity index (χ3v) is 3.47. The average molecular weight is 286 g/mol. The molecule has 0 fully saturated rings. The van der Waals surface area contributed by atoms with Crippen LogP contribution in [0.1, 0.15) is 72.6 Å². The zero-order valence-electron chi connectivity index (χ0n) is 13.5. The first-order valence-electron chi connectivity index (χ1n) is 7.93. The Morgan fingerprint density at radius 1 is 0.750 bits per heavy atom. The second-order valence-electron chi connectivity index (χ2n) is 5.08. The molecule has 4 nitrogen and oxygen atoms in total. The van der Waals surface area contributed by atoms with Gasteiger partial charge in [0.2, 0.25) is 0 Å². The normalized spacial score (nSPS) is 11.2. The van der Waals surface area contributed by atoms with Gasteiger partial charge in [-0.05, 0) is 26.7 Å². The van der Waals surface area contributed by atoms with Gasteiger partial charge in [0.15, 0.2) is 5.41 Å². The molecular weight excluding hydrogens is 256 g/mol. The smallest absolute Gasteiger partial charge is 0.323 e. The number of esters is 2. The van der Waals surface area contributed by atoms with Crippen LogP contribution >= 0.6 is 0 Å². The van der Waals surface area contributed by atoms with Gasteiger partial charge in [0, 0.05) is 0 Å². The lowest BCUT2D eigenvalue weighted by molar-refractivity contribution is -0.173. The second kappa shape index (κ2) is 10.7. The third-order valence-electron chi connectivity index (χ3n) is 3.47. The molecule has 0 heterocycles. The Balaban J connectivity index is 5.00. The average Bonchev–Trinajstić information content (AvgIpc) is 2.42. The highest BCUT2D eigenvalue weighted by Crippen LogP contribution is 2.34. The van der Waals surface area contributed by atoms with Crippen LogP contribution in [0, 0.1) is 5.41 Å². The SMILES string of the molecule is CCCCCCC(CCC)(C(=O)OCC)C(=O)OCC. The Bertz CT molecular complexity index is 268. The molecule has 0 unspecified atom stereocenters. The van der Waals surface area contributed by atoms with Gasteiger partial charge in [-0.1, -0.05) is 46.0 Å². The van der Waals surface area contributed by atoms with E-state index in [1.165, 1.54) is 0 Å². The standard InChI is InChI=1S/C16H30O4/c1-5-9-10-11-13-16(12-6-2,14(17)19-7-3)15(18)20-8-4/h5-13H2,1-4H3. The highest BCUT2D eigenvalue weighted by atomic mass is 16.6. The summed E-state index contributed by atoms with van der Waals surface area (Å²) >= 11 is 0. The van der Waals surface area contributed by atoms with Crippen molar-refractivity contribution in [1.29, 1.82) is 0 Å². The van der Waals surface area contributed by atoms with Crippen LogP contribution in [-0.4, -0.2) is 25.2 Å². The Labute approximate surface area is 123 Å². The lowest BCUT2D eigenvalue weighted by Gasteiger charge is -2.28. The van der Waals surface area contributed by atoms with Crippen molar-refractivity contribution in [1.82, 2.24) is 0 Å². The topological polar surface area (TPSA) is 52.6 Å². The molecule has 0 aliphatic heterocycles. The molecule has 0 bridgehead atoms. The first kappa shape index (κ1) is 18.9. The zero-order valence-corrected chi connectivity index (χ0v) is 13.5. The van der Waals surface area contributed by atoms with E-state index in [4.69, 9.17) is 9.47 Å². The van der Waals surface area contributed by atoms with Crippen molar-refractivity contribution in [3.05, 3.63) is 0 Å². The van der Waals surface area contributed by atoms with E-state index in [1.807, 2.05) is 6.92 Å². The van der Waals surface area contributed by atoms with E-state index in [9.17, 15) is 9.59 Å². The number of hydrogen-bond donors (Lipinski definition) is 0. The van der Waals surface area contributed by atoms with Crippen molar-refractivity contribution >= 4 is 11.9 Å². The van der Waals surface area contributed by atoms with E-state index in [0.717, 1.165) is 32.1 Å². The fourth-order valence-electron chi connectivity index (χ4n) is 2.44. The molecular formula is C16H30O4. The summed E-state index contributed by atoms with van der Waals surface area (Å²) in [6.45, 7) is 8.21. The zero-order chi connectivity index (χ0) is 15.4. The molecule has 118 valence electrons. The molecule has 0 N–H and O–H groups in total. The van der Waals surface area contributed by atoms with Gasteiger partial charge in [-0.25, -0.2) is 0 Å². The van der Waals surface area contributed by atoms with Gasteiger partial charge in [-0.3, -0.25) is 9.59 Å². The van der Waals surface area contributed by atoms with Gasteiger partial charge >= 0.3 is 11.9 Å². The Morgan fingerprint density at radius 2 is 1.30 bits per heavy atom. The minimum atomic E-state index is -1.10. The summed E-state index contributed by atoms with van der Waals surface area (Å²) < 4.78 is 10.3. The molecule has 0 aliphatic rings. The van der Waals surface area contributed by atoms with Crippen molar-refractivity contribution < 1.29 is 19.1 Å². The van der Waals surface area contributed by atoms with E-state index in [1.54, 1.807) is 13.8 Å². The van der Waals surface area contributed by atoms with E-state index < -0.39 is 17.4 Å². The van der Waals surface area contributed by atoms with Gasteiger partial charge in [-0.15, -0.1) is 0 Å². The monoisotopic (exact) mass is 286 g/mol. The Kier molecular flexibility index (Phi) is 10.1.